The van der Waals surface area contributed by atoms with E-state index in [4.69, 9.17) is 10.9 Å². The maximum absolute atomic E-state index is 8.58. The molecule has 5 heteroatoms. The summed E-state index contributed by atoms with van der Waals surface area (Å²) < 4.78 is 0. The molecule has 5 nitrogen and oxygen atoms in total. The third kappa shape index (κ3) is 2.55. The van der Waals surface area contributed by atoms with Gasteiger partial charge < -0.3 is 15.8 Å². The first-order valence-corrected chi connectivity index (χ1v) is 6.30. The van der Waals surface area contributed by atoms with Crippen LogP contribution in [0.4, 0.5) is 5.69 Å². The summed E-state index contributed by atoms with van der Waals surface area (Å²) in [6, 6.07) is 3.76. The fourth-order valence-corrected chi connectivity index (χ4v) is 2.27. The number of amidine groups is 1. The Morgan fingerprint density at radius 2 is 2.22 bits per heavy atom. The molecule has 0 amide bonds. The van der Waals surface area contributed by atoms with Crippen LogP contribution in [0.3, 0.4) is 0 Å². The molecular formula is C13H20N4O. The van der Waals surface area contributed by atoms with Crippen molar-refractivity contribution in [2.45, 2.75) is 20.3 Å². The van der Waals surface area contributed by atoms with Gasteiger partial charge in [-0.25, -0.2) is 0 Å². The smallest absolute Gasteiger partial charge is 0.188 e. The highest BCUT2D eigenvalue weighted by Gasteiger charge is 2.22. The lowest BCUT2D eigenvalue weighted by molar-refractivity contribution is 0.318. The van der Waals surface area contributed by atoms with Crippen molar-refractivity contribution in [2.24, 2.45) is 22.7 Å². The summed E-state index contributed by atoms with van der Waals surface area (Å²) in [7, 11) is 0. The largest absolute Gasteiger partial charge is 0.409 e. The predicted octanol–water partition coefficient (Wildman–Crippen LogP) is 1.66. The second-order valence-electron chi connectivity index (χ2n) is 5.08. The summed E-state index contributed by atoms with van der Waals surface area (Å²) >= 11 is 0. The van der Waals surface area contributed by atoms with Crippen molar-refractivity contribution in [1.82, 2.24) is 4.98 Å². The van der Waals surface area contributed by atoms with Crippen molar-refractivity contribution < 1.29 is 5.21 Å². The highest BCUT2D eigenvalue weighted by Crippen LogP contribution is 2.26. The topological polar surface area (TPSA) is 74.7 Å². The monoisotopic (exact) mass is 248 g/mol. The first-order valence-electron chi connectivity index (χ1n) is 6.30. The highest BCUT2D eigenvalue weighted by molar-refractivity contribution is 5.95. The molecule has 2 atom stereocenters. The van der Waals surface area contributed by atoms with E-state index in [0.29, 0.717) is 11.6 Å². The van der Waals surface area contributed by atoms with E-state index < -0.39 is 0 Å². The quantitative estimate of drug-likeness (QED) is 0.361. The minimum absolute atomic E-state index is 0.0437. The van der Waals surface area contributed by atoms with Crippen LogP contribution < -0.4 is 10.6 Å². The van der Waals surface area contributed by atoms with Gasteiger partial charge in [0.2, 0.25) is 0 Å². The van der Waals surface area contributed by atoms with E-state index >= 15 is 0 Å². The van der Waals surface area contributed by atoms with E-state index in [1.807, 2.05) is 6.07 Å². The Labute approximate surface area is 107 Å². The average molecular weight is 248 g/mol. The number of pyridine rings is 1. The molecule has 1 saturated heterocycles. The number of nitrogens with zero attached hydrogens (tertiary/aromatic N) is 3. The van der Waals surface area contributed by atoms with Gasteiger partial charge in [0, 0.05) is 13.1 Å². The van der Waals surface area contributed by atoms with E-state index in [1.165, 1.54) is 6.42 Å². The van der Waals surface area contributed by atoms with Crippen LogP contribution in [0.15, 0.2) is 23.5 Å². The zero-order valence-electron chi connectivity index (χ0n) is 10.9. The van der Waals surface area contributed by atoms with E-state index in [9.17, 15) is 0 Å². The Kier molecular flexibility index (Phi) is 3.69. The Morgan fingerprint density at radius 3 is 2.78 bits per heavy atom. The predicted molar refractivity (Wildman–Crippen MR) is 71.9 cm³/mol. The molecule has 1 aromatic rings. The summed E-state index contributed by atoms with van der Waals surface area (Å²) in [5.41, 5.74) is 7.09. The average Bonchev–Trinajstić information content (AvgIpc) is 2.41. The first kappa shape index (κ1) is 12.7. The van der Waals surface area contributed by atoms with Gasteiger partial charge in [-0.05, 0) is 30.4 Å². The van der Waals surface area contributed by atoms with Gasteiger partial charge in [-0.2, -0.15) is 0 Å². The minimum Gasteiger partial charge on any atom is -0.409 e. The standard InChI is InChI=1S/C13H20N4O/c1-9-5-6-17(8-10(9)2)11-3-4-12(15-7-11)13(14)16-18/h3-4,7,9-10,18H,5-6,8H2,1-2H3,(H2,14,16). The number of piperidine rings is 1. The molecule has 0 saturated carbocycles. The van der Waals surface area contributed by atoms with Gasteiger partial charge in [-0.3, -0.25) is 4.98 Å². The Hall–Kier alpha value is -1.78. The summed E-state index contributed by atoms with van der Waals surface area (Å²) in [6.07, 6.45) is 3.00. The number of hydrogen-bond donors (Lipinski definition) is 2. The van der Waals surface area contributed by atoms with Crippen LogP contribution in [0.1, 0.15) is 26.0 Å². The minimum atomic E-state index is 0.0437. The van der Waals surface area contributed by atoms with Gasteiger partial charge >= 0.3 is 0 Å². The number of oxime groups is 1. The van der Waals surface area contributed by atoms with E-state index in [0.717, 1.165) is 24.7 Å². The third-order valence-corrected chi connectivity index (χ3v) is 3.82. The molecule has 0 radical (unpaired) electrons. The van der Waals surface area contributed by atoms with Crippen molar-refractivity contribution in [3.05, 3.63) is 24.0 Å². The lowest BCUT2D eigenvalue weighted by Gasteiger charge is -2.36. The van der Waals surface area contributed by atoms with Gasteiger partial charge in [0.05, 0.1) is 11.9 Å². The van der Waals surface area contributed by atoms with Crippen LogP contribution in [-0.2, 0) is 0 Å². The molecule has 1 fully saturated rings. The van der Waals surface area contributed by atoms with Crippen LogP contribution in [0, 0.1) is 11.8 Å². The molecule has 3 N–H and O–H groups in total. The lowest BCUT2D eigenvalue weighted by Crippen LogP contribution is -2.38. The molecule has 0 aliphatic carbocycles. The summed E-state index contributed by atoms with van der Waals surface area (Å²) in [4.78, 5) is 6.55. The maximum atomic E-state index is 8.58. The van der Waals surface area contributed by atoms with Gasteiger partial charge in [0.1, 0.15) is 5.69 Å². The Balaban J connectivity index is 2.10. The van der Waals surface area contributed by atoms with E-state index in [-0.39, 0.29) is 5.84 Å². The second-order valence-corrected chi connectivity index (χ2v) is 5.08. The second kappa shape index (κ2) is 5.25. The van der Waals surface area contributed by atoms with E-state index in [2.05, 4.69) is 28.9 Å². The number of aromatic nitrogens is 1. The lowest BCUT2D eigenvalue weighted by atomic mass is 9.88. The molecule has 0 bridgehead atoms. The molecule has 18 heavy (non-hydrogen) atoms. The van der Waals surface area contributed by atoms with Crippen molar-refractivity contribution in [2.75, 3.05) is 18.0 Å². The SMILES string of the molecule is CC1CCN(c2ccc(/C(N)=N/O)nc2)CC1C. The molecule has 98 valence electrons. The Morgan fingerprint density at radius 1 is 1.44 bits per heavy atom. The fourth-order valence-electron chi connectivity index (χ4n) is 2.27. The molecule has 2 unspecified atom stereocenters. The summed E-state index contributed by atoms with van der Waals surface area (Å²) in [5.74, 6) is 1.52. The van der Waals surface area contributed by atoms with Crippen LogP contribution in [0.25, 0.3) is 0 Å². The molecule has 1 aliphatic heterocycles. The van der Waals surface area contributed by atoms with Crippen LogP contribution >= 0.6 is 0 Å². The molecule has 1 aromatic heterocycles. The number of rotatable bonds is 2. The van der Waals surface area contributed by atoms with Gasteiger partial charge in [-0.15, -0.1) is 0 Å². The number of anilines is 1. The normalized spacial score (nSPS) is 25.2. The van der Waals surface area contributed by atoms with E-state index in [1.54, 1.807) is 12.3 Å². The molecule has 2 rings (SSSR count). The molecule has 0 spiro atoms. The molecule has 1 aliphatic rings. The number of hydrogen-bond acceptors (Lipinski definition) is 4. The van der Waals surface area contributed by atoms with Crippen LogP contribution in [-0.4, -0.2) is 29.1 Å². The van der Waals surface area contributed by atoms with Crippen molar-refractivity contribution in [3.8, 4) is 0 Å². The number of nitrogens with two attached hydrogens (primary N) is 1. The summed E-state index contributed by atoms with van der Waals surface area (Å²) in [5, 5.41) is 11.5. The third-order valence-electron chi connectivity index (χ3n) is 3.82. The van der Waals surface area contributed by atoms with Crippen LogP contribution in [0.5, 0.6) is 0 Å². The van der Waals surface area contributed by atoms with Crippen molar-refractivity contribution in [1.29, 1.82) is 0 Å². The zero-order valence-corrected chi connectivity index (χ0v) is 10.9. The van der Waals surface area contributed by atoms with Crippen LogP contribution in [0.2, 0.25) is 0 Å². The summed E-state index contributed by atoms with van der Waals surface area (Å²) in [6.45, 7) is 6.72. The molecular weight excluding hydrogens is 228 g/mol. The Bertz CT molecular complexity index is 429. The van der Waals surface area contributed by atoms with Gasteiger partial charge in [0.15, 0.2) is 5.84 Å². The highest BCUT2D eigenvalue weighted by atomic mass is 16.4. The van der Waals surface area contributed by atoms with Gasteiger partial charge in [-0.1, -0.05) is 19.0 Å². The van der Waals surface area contributed by atoms with Gasteiger partial charge in [0.25, 0.3) is 0 Å². The maximum Gasteiger partial charge on any atom is 0.188 e. The zero-order chi connectivity index (χ0) is 13.1. The molecule has 0 aromatic carbocycles. The first-order chi connectivity index (χ1) is 8.61. The van der Waals surface area contributed by atoms with Crippen molar-refractivity contribution >= 4 is 11.5 Å². The van der Waals surface area contributed by atoms with Crippen molar-refractivity contribution in [3.63, 3.8) is 0 Å². The fraction of sp³-hybridized carbons (Fsp3) is 0.538. The molecule has 2 heterocycles.